The minimum absolute atomic E-state index is 0.127. The number of rotatable bonds is 9. The zero-order chi connectivity index (χ0) is 14.0. The van der Waals surface area contributed by atoms with Crippen molar-refractivity contribution in [3.05, 3.63) is 0 Å². The van der Waals surface area contributed by atoms with Crippen molar-refractivity contribution in [2.24, 2.45) is 0 Å². The summed E-state index contributed by atoms with van der Waals surface area (Å²) in [6.45, 7) is 7.85. The molecule has 0 heterocycles. The van der Waals surface area contributed by atoms with Crippen LogP contribution in [0, 0.1) is 0 Å². The summed E-state index contributed by atoms with van der Waals surface area (Å²) in [5.41, 5.74) is 0. The van der Waals surface area contributed by atoms with Crippen LogP contribution in [0.15, 0.2) is 0 Å². The lowest BCUT2D eigenvalue weighted by Gasteiger charge is -2.08. The quantitative estimate of drug-likeness (QED) is 0.622. The third-order valence-electron chi connectivity index (χ3n) is 2.46. The average molecular weight is 256 g/mol. The summed E-state index contributed by atoms with van der Waals surface area (Å²) in [4.78, 5) is 22.7. The van der Waals surface area contributed by atoms with Gasteiger partial charge < -0.3 is 10.6 Å². The lowest BCUT2D eigenvalue weighted by molar-refractivity contribution is -0.122. The number of unbranched alkanes of at least 4 members (excludes halogenated alkanes) is 3. The minimum atomic E-state index is 0.127. The van der Waals surface area contributed by atoms with Gasteiger partial charge in [0.2, 0.25) is 11.8 Å². The fourth-order valence-corrected chi connectivity index (χ4v) is 1.71. The molecule has 0 aromatic rings. The fraction of sp³-hybridized carbons (Fsp3) is 0.857. The summed E-state index contributed by atoms with van der Waals surface area (Å²) in [5.74, 6) is 0.255. The zero-order valence-electron chi connectivity index (χ0n) is 12.2. The minimum Gasteiger partial charge on any atom is -0.354 e. The van der Waals surface area contributed by atoms with Gasteiger partial charge in [0, 0.05) is 24.9 Å². The van der Waals surface area contributed by atoms with Crippen molar-refractivity contribution in [1.29, 1.82) is 0 Å². The number of carbonyl (C=O) groups excluding carboxylic acids is 2. The zero-order valence-corrected chi connectivity index (χ0v) is 12.2. The Kier molecular flexibility index (Phi) is 9.33. The first-order valence-corrected chi connectivity index (χ1v) is 7.00. The molecule has 2 N–H and O–H groups in total. The van der Waals surface area contributed by atoms with E-state index in [0.717, 1.165) is 25.7 Å². The Bertz CT molecular complexity index is 224. The molecule has 0 aliphatic carbocycles. The van der Waals surface area contributed by atoms with Gasteiger partial charge in [-0.3, -0.25) is 9.59 Å². The molecular formula is C14H28N2O2. The molecule has 0 saturated heterocycles. The van der Waals surface area contributed by atoms with E-state index in [1.54, 1.807) is 0 Å². The van der Waals surface area contributed by atoms with Crippen molar-refractivity contribution >= 4 is 11.8 Å². The maximum Gasteiger partial charge on any atom is 0.220 e. The van der Waals surface area contributed by atoms with Crippen LogP contribution >= 0.6 is 0 Å². The molecule has 0 atom stereocenters. The van der Waals surface area contributed by atoms with Crippen molar-refractivity contribution < 1.29 is 9.59 Å². The number of nitrogens with one attached hydrogen (secondary N) is 2. The highest BCUT2D eigenvalue weighted by Gasteiger charge is 2.04. The Morgan fingerprint density at radius 2 is 1.06 bits per heavy atom. The number of amides is 2. The maximum absolute atomic E-state index is 11.3. The van der Waals surface area contributed by atoms with Crippen LogP contribution < -0.4 is 10.6 Å². The molecule has 0 saturated carbocycles. The molecule has 0 aromatic heterocycles. The smallest absolute Gasteiger partial charge is 0.220 e. The first-order valence-electron chi connectivity index (χ1n) is 7.00. The number of hydrogen-bond donors (Lipinski definition) is 2. The van der Waals surface area contributed by atoms with E-state index in [0.29, 0.717) is 12.8 Å². The van der Waals surface area contributed by atoms with Gasteiger partial charge in [-0.2, -0.15) is 0 Å². The third kappa shape index (κ3) is 11.4. The van der Waals surface area contributed by atoms with Gasteiger partial charge in [-0.25, -0.2) is 0 Å². The molecule has 106 valence electrons. The first-order chi connectivity index (χ1) is 8.41. The molecule has 18 heavy (non-hydrogen) atoms. The Balaban J connectivity index is 3.36. The molecule has 0 radical (unpaired) electrons. The van der Waals surface area contributed by atoms with Crippen LogP contribution in [-0.4, -0.2) is 23.9 Å². The van der Waals surface area contributed by atoms with E-state index in [9.17, 15) is 9.59 Å². The van der Waals surface area contributed by atoms with E-state index in [2.05, 4.69) is 10.6 Å². The molecular weight excluding hydrogens is 228 g/mol. The fourth-order valence-electron chi connectivity index (χ4n) is 1.71. The highest BCUT2D eigenvalue weighted by molar-refractivity contribution is 5.76. The highest BCUT2D eigenvalue weighted by Crippen LogP contribution is 2.05. The molecule has 0 unspecified atom stereocenters. The van der Waals surface area contributed by atoms with Crippen LogP contribution in [0.3, 0.4) is 0 Å². The Morgan fingerprint density at radius 3 is 1.33 bits per heavy atom. The predicted octanol–water partition coefficient (Wildman–Crippen LogP) is 2.38. The summed E-state index contributed by atoms with van der Waals surface area (Å²) in [5, 5.41) is 5.74. The predicted molar refractivity (Wildman–Crippen MR) is 74.3 cm³/mol. The van der Waals surface area contributed by atoms with Gasteiger partial charge in [-0.05, 0) is 40.5 Å². The standard InChI is InChI=1S/C14H28N2O2/c1-11(2)15-13(17)9-7-5-6-8-10-14(18)16-12(3)4/h11-12H,5-10H2,1-4H3,(H,15,17)(H,16,18). The number of carbonyl (C=O) groups is 2. The Morgan fingerprint density at radius 1 is 0.722 bits per heavy atom. The van der Waals surface area contributed by atoms with Crippen molar-refractivity contribution in [3.63, 3.8) is 0 Å². The molecule has 0 bridgehead atoms. The summed E-state index contributed by atoms with van der Waals surface area (Å²) in [7, 11) is 0. The second-order valence-corrected chi connectivity index (χ2v) is 5.36. The third-order valence-corrected chi connectivity index (χ3v) is 2.46. The van der Waals surface area contributed by atoms with Gasteiger partial charge in [0.25, 0.3) is 0 Å². The SMILES string of the molecule is CC(C)NC(=O)CCCCCCC(=O)NC(C)C. The summed E-state index contributed by atoms with van der Waals surface area (Å²) < 4.78 is 0. The summed E-state index contributed by atoms with van der Waals surface area (Å²) >= 11 is 0. The van der Waals surface area contributed by atoms with Gasteiger partial charge in [-0.1, -0.05) is 12.8 Å². The van der Waals surface area contributed by atoms with Crippen LogP contribution in [0.1, 0.15) is 66.2 Å². The maximum atomic E-state index is 11.3. The van der Waals surface area contributed by atoms with E-state index < -0.39 is 0 Å². The van der Waals surface area contributed by atoms with Crippen LogP contribution in [0.25, 0.3) is 0 Å². The van der Waals surface area contributed by atoms with Crippen molar-refractivity contribution in [2.75, 3.05) is 0 Å². The second kappa shape index (κ2) is 9.92. The molecule has 0 fully saturated rings. The Hall–Kier alpha value is -1.06. The molecule has 0 aliphatic heterocycles. The van der Waals surface area contributed by atoms with Crippen LogP contribution in [0.5, 0.6) is 0 Å². The summed E-state index contributed by atoms with van der Waals surface area (Å²) in [6.07, 6.45) is 5.03. The topological polar surface area (TPSA) is 58.2 Å². The molecule has 0 aromatic carbocycles. The largest absolute Gasteiger partial charge is 0.354 e. The van der Waals surface area contributed by atoms with Crippen molar-refractivity contribution in [2.45, 2.75) is 78.3 Å². The molecule has 0 aliphatic rings. The van der Waals surface area contributed by atoms with E-state index >= 15 is 0 Å². The molecule has 0 spiro atoms. The number of hydrogen-bond acceptors (Lipinski definition) is 2. The Labute approximate surface area is 111 Å². The van der Waals surface area contributed by atoms with Crippen LogP contribution in [0.2, 0.25) is 0 Å². The lowest BCUT2D eigenvalue weighted by atomic mass is 10.1. The van der Waals surface area contributed by atoms with E-state index in [1.807, 2.05) is 27.7 Å². The monoisotopic (exact) mass is 256 g/mol. The van der Waals surface area contributed by atoms with Crippen LogP contribution in [0.4, 0.5) is 0 Å². The van der Waals surface area contributed by atoms with E-state index in [1.165, 1.54) is 0 Å². The summed E-state index contributed by atoms with van der Waals surface area (Å²) in [6, 6.07) is 0.439. The highest BCUT2D eigenvalue weighted by atomic mass is 16.2. The normalized spacial score (nSPS) is 10.8. The van der Waals surface area contributed by atoms with Gasteiger partial charge >= 0.3 is 0 Å². The van der Waals surface area contributed by atoms with Crippen LogP contribution in [-0.2, 0) is 9.59 Å². The molecule has 0 rings (SSSR count). The van der Waals surface area contributed by atoms with Gasteiger partial charge in [0.1, 0.15) is 0 Å². The van der Waals surface area contributed by atoms with Crippen molar-refractivity contribution in [1.82, 2.24) is 10.6 Å². The van der Waals surface area contributed by atoms with Gasteiger partial charge in [0.05, 0.1) is 0 Å². The lowest BCUT2D eigenvalue weighted by Crippen LogP contribution is -2.30. The van der Waals surface area contributed by atoms with Gasteiger partial charge in [0.15, 0.2) is 0 Å². The van der Waals surface area contributed by atoms with Gasteiger partial charge in [-0.15, -0.1) is 0 Å². The van der Waals surface area contributed by atoms with E-state index in [-0.39, 0.29) is 23.9 Å². The molecule has 2 amide bonds. The average Bonchev–Trinajstić information content (AvgIpc) is 2.20. The van der Waals surface area contributed by atoms with Crippen molar-refractivity contribution in [3.8, 4) is 0 Å². The first kappa shape index (κ1) is 16.9. The molecule has 4 heteroatoms. The second-order valence-electron chi connectivity index (χ2n) is 5.36. The molecule has 4 nitrogen and oxygen atoms in total. The van der Waals surface area contributed by atoms with E-state index in [4.69, 9.17) is 0 Å².